The van der Waals surface area contributed by atoms with Gasteiger partial charge in [-0.1, -0.05) is 0 Å². The molecule has 0 saturated carbocycles. The molecule has 0 aromatic rings. The Morgan fingerprint density at radius 3 is 2.04 bits per heavy atom. The third-order valence-corrected chi connectivity index (χ3v) is 2.57. The normalized spacial score (nSPS) is 13.6. The minimum absolute atomic E-state index is 0.209. The van der Waals surface area contributed by atoms with Gasteiger partial charge in [-0.25, -0.2) is 0 Å². The molecule has 23 heavy (non-hydrogen) atoms. The number of carboxylic acid groups (broad SMARTS) is 1. The van der Waals surface area contributed by atoms with Crippen molar-refractivity contribution in [3.8, 4) is 0 Å². The molecule has 2 atom stereocenters. The van der Waals surface area contributed by atoms with Gasteiger partial charge >= 0.3 is 11.9 Å². The number of hydrogen-bond acceptors (Lipinski definition) is 7. The number of aliphatic carboxylic acids is 1. The Labute approximate surface area is 135 Å². The number of esters is 2. The van der Waals surface area contributed by atoms with Crippen molar-refractivity contribution in [1.82, 2.24) is 5.32 Å². The van der Waals surface area contributed by atoms with E-state index >= 15 is 0 Å². The van der Waals surface area contributed by atoms with E-state index in [1.807, 2.05) is 21.1 Å². The average molecular weight is 332 g/mol. The molecule has 0 fully saturated rings. The highest BCUT2D eigenvalue weighted by Crippen LogP contribution is 2.05. The summed E-state index contributed by atoms with van der Waals surface area (Å²) in [6, 6.07) is -1.46. The summed E-state index contributed by atoms with van der Waals surface area (Å²) in [6.45, 7) is 2.18. The number of carbonyl (C=O) groups is 4. The molecule has 0 aliphatic rings. The number of hydrogen-bond donors (Lipinski definition) is 1. The largest absolute Gasteiger partial charge is 0.548 e. The van der Waals surface area contributed by atoms with Crippen molar-refractivity contribution in [2.24, 2.45) is 0 Å². The lowest BCUT2D eigenvalue weighted by atomic mass is 10.2. The van der Waals surface area contributed by atoms with E-state index in [4.69, 9.17) is 4.74 Å². The summed E-state index contributed by atoms with van der Waals surface area (Å²) in [7, 11) is 5.58. The Bertz CT molecular complexity index is 457. The topological polar surface area (TPSA) is 122 Å². The van der Waals surface area contributed by atoms with Crippen LogP contribution in [-0.4, -0.2) is 74.7 Å². The highest BCUT2D eigenvalue weighted by Gasteiger charge is 2.25. The number of likely N-dealkylation sites (N-methyl/N-ethyl adjacent to an activating group) is 1. The maximum Gasteiger partial charge on any atom is 0.303 e. The van der Waals surface area contributed by atoms with Crippen molar-refractivity contribution in [2.45, 2.75) is 32.4 Å². The Balaban J connectivity index is 4.72. The van der Waals surface area contributed by atoms with Crippen LogP contribution in [0.4, 0.5) is 0 Å². The lowest BCUT2D eigenvalue weighted by Crippen LogP contribution is -2.52. The summed E-state index contributed by atoms with van der Waals surface area (Å²) in [6.07, 6.45) is -0.914. The molecule has 9 heteroatoms. The maximum atomic E-state index is 11.9. The summed E-state index contributed by atoms with van der Waals surface area (Å²) >= 11 is 0. The number of nitrogens with one attached hydrogen (secondary N) is 1. The van der Waals surface area contributed by atoms with Crippen LogP contribution in [-0.2, 0) is 28.7 Å². The first-order chi connectivity index (χ1) is 10.4. The van der Waals surface area contributed by atoms with Gasteiger partial charge in [-0.2, -0.15) is 0 Å². The summed E-state index contributed by atoms with van der Waals surface area (Å²) in [5.74, 6) is -3.43. The van der Waals surface area contributed by atoms with Gasteiger partial charge in [-0.3, -0.25) is 14.4 Å². The molecule has 0 aromatic carbocycles. The lowest BCUT2D eigenvalue weighted by molar-refractivity contribution is -0.873. The molecule has 0 heterocycles. The van der Waals surface area contributed by atoms with Gasteiger partial charge in [0.1, 0.15) is 19.2 Å². The molecule has 2 unspecified atom stereocenters. The summed E-state index contributed by atoms with van der Waals surface area (Å²) in [5, 5.41) is 13.1. The van der Waals surface area contributed by atoms with Crippen molar-refractivity contribution in [1.29, 1.82) is 0 Å². The Morgan fingerprint density at radius 1 is 1.09 bits per heavy atom. The van der Waals surface area contributed by atoms with E-state index < -0.39 is 42.6 Å². The quantitative estimate of drug-likeness (QED) is 0.376. The van der Waals surface area contributed by atoms with E-state index in [1.165, 1.54) is 6.92 Å². The molecule has 0 rings (SSSR count). The fraction of sp³-hybridized carbons (Fsp3) is 0.714. The van der Waals surface area contributed by atoms with Crippen LogP contribution in [0.1, 0.15) is 20.3 Å². The van der Waals surface area contributed by atoms with Crippen molar-refractivity contribution >= 4 is 23.8 Å². The van der Waals surface area contributed by atoms with Gasteiger partial charge in [0.05, 0.1) is 33.5 Å². The van der Waals surface area contributed by atoms with Gasteiger partial charge in [0.25, 0.3) is 0 Å². The molecule has 0 saturated heterocycles. The second-order valence-corrected chi connectivity index (χ2v) is 6.15. The molecule has 0 bridgehead atoms. The average Bonchev–Trinajstić information content (AvgIpc) is 2.30. The van der Waals surface area contributed by atoms with Crippen LogP contribution in [0, 0.1) is 0 Å². The maximum absolute atomic E-state index is 11.9. The van der Waals surface area contributed by atoms with Gasteiger partial charge in [0, 0.05) is 13.8 Å². The first kappa shape index (κ1) is 20.8. The molecular formula is C14H24N2O7. The molecular weight excluding hydrogens is 308 g/mol. The van der Waals surface area contributed by atoms with E-state index in [1.54, 1.807) is 0 Å². The van der Waals surface area contributed by atoms with Crippen LogP contribution in [0.5, 0.6) is 0 Å². The number of amides is 1. The van der Waals surface area contributed by atoms with E-state index in [-0.39, 0.29) is 6.42 Å². The van der Waals surface area contributed by atoms with E-state index in [2.05, 4.69) is 10.1 Å². The molecule has 0 radical (unpaired) electrons. The van der Waals surface area contributed by atoms with Crippen molar-refractivity contribution in [3.63, 3.8) is 0 Å². The Morgan fingerprint density at radius 2 is 1.65 bits per heavy atom. The monoisotopic (exact) mass is 332 g/mol. The first-order valence-corrected chi connectivity index (χ1v) is 7.02. The minimum atomic E-state index is -1.57. The van der Waals surface area contributed by atoms with Gasteiger partial charge in [-0.15, -0.1) is 0 Å². The Kier molecular flexibility index (Phi) is 8.23. The summed E-state index contributed by atoms with van der Waals surface area (Å²) in [5.41, 5.74) is 0. The van der Waals surface area contributed by atoms with Crippen LogP contribution < -0.4 is 10.4 Å². The van der Waals surface area contributed by atoms with Crippen LogP contribution in [0.15, 0.2) is 0 Å². The smallest absolute Gasteiger partial charge is 0.303 e. The van der Waals surface area contributed by atoms with E-state index in [0.29, 0.717) is 11.0 Å². The number of rotatable bonds is 9. The van der Waals surface area contributed by atoms with Crippen LogP contribution in [0.3, 0.4) is 0 Å². The fourth-order valence-corrected chi connectivity index (χ4v) is 1.82. The third-order valence-electron chi connectivity index (χ3n) is 2.57. The van der Waals surface area contributed by atoms with Gasteiger partial charge in [-0.05, 0) is 0 Å². The van der Waals surface area contributed by atoms with Crippen LogP contribution >= 0.6 is 0 Å². The Hall–Kier alpha value is -2.16. The summed E-state index contributed by atoms with van der Waals surface area (Å²) < 4.78 is 10.1. The second-order valence-electron chi connectivity index (χ2n) is 6.15. The van der Waals surface area contributed by atoms with Gasteiger partial charge in [0.2, 0.25) is 5.91 Å². The van der Waals surface area contributed by atoms with Crippen molar-refractivity contribution in [3.05, 3.63) is 0 Å². The van der Waals surface area contributed by atoms with Gasteiger partial charge in [0.15, 0.2) is 6.10 Å². The molecule has 1 amide bonds. The molecule has 1 N–H and O–H groups in total. The zero-order valence-corrected chi connectivity index (χ0v) is 14.1. The zero-order chi connectivity index (χ0) is 18.2. The molecule has 0 aliphatic carbocycles. The number of carboxylic acids is 1. The molecule has 0 aromatic heterocycles. The predicted molar refractivity (Wildman–Crippen MR) is 76.6 cm³/mol. The van der Waals surface area contributed by atoms with Gasteiger partial charge < -0.3 is 29.2 Å². The standard InChI is InChI=1S/C14H24N2O7/c1-9(17)22-8-12(14(20)21)15-13(19)6-11(23-10(2)18)7-16(3,4)5/h11-12H,6-8H2,1-5H3,(H-,15,19,20,21). The number of nitrogens with zero attached hydrogens (tertiary/aromatic N) is 1. The zero-order valence-electron chi connectivity index (χ0n) is 14.1. The van der Waals surface area contributed by atoms with Crippen molar-refractivity contribution < 1.29 is 38.2 Å². The molecule has 0 aliphatic heterocycles. The number of quaternary nitrogens is 1. The fourth-order valence-electron chi connectivity index (χ4n) is 1.82. The predicted octanol–water partition coefficient (Wildman–Crippen LogP) is -2.19. The van der Waals surface area contributed by atoms with E-state index in [0.717, 1.165) is 6.92 Å². The highest BCUT2D eigenvalue weighted by atomic mass is 16.5. The van der Waals surface area contributed by atoms with E-state index in [9.17, 15) is 24.3 Å². The number of ether oxygens (including phenoxy) is 2. The third kappa shape index (κ3) is 11.1. The lowest BCUT2D eigenvalue weighted by Gasteiger charge is -2.29. The van der Waals surface area contributed by atoms with Crippen LogP contribution in [0.2, 0.25) is 0 Å². The van der Waals surface area contributed by atoms with Crippen LogP contribution in [0.25, 0.3) is 0 Å². The second kappa shape index (κ2) is 9.09. The SMILES string of the molecule is CC(=O)OCC(NC(=O)CC(C[N+](C)(C)C)OC(C)=O)C(=O)[O-]. The molecule has 132 valence electrons. The minimum Gasteiger partial charge on any atom is -0.548 e. The first-order valence-electron chi connectivity index (χ1n) is 7.02. The molecule has 9 nitrogen and oxygen atoms in total. The highest BCUT2D eigenvalue weighted by molar-refractivity contribution is 5.83. The van der Waals surface area contributed by atoms with Crippen molar-refractivity contribution in [2.75, 3.05) is 34.3 Å². The summed E-state index contributed by atoms with van der Waals surface area (Å²) in [4.78, 5) is 44.7. The number of carbonyl (C=O) groups excluding carboxylic acids is 4. The molecule has 0 spiro atoms.